The van der Waals surface area contributed by atoms with Crippen molar-refractivity contribution in [1.82, 2.24) is 19.6 Å². The summed E-state index contributed by atoms with van der Waals surface area (Å²) in [6.45, 7) is 2.46. The van der Waals surface area contributed by atoms with Gasteiger partial charge in [-0.3, -0.25) is 14.4 Å². The topological polar surface area (TPSA) is 66.5 Å². The number of nitrogens with one attached hydrogen (secondary N) is 1. The lowest BCUT2D eigenvalue weighted by molar-refractivity contribution is -0.135. The number of furan rings is 1. The van der Waals surface area contributed by atoms with Crippen LogP contribution < -0.4 is 5.32 Å². The van der Waals surface area contributed by atoms with Crippen LogP contribution in [-0.2, 0) is 18.4 Å². The summed E-state index contributed by atoms with van der Waals surface area (Å²) < 4.78 is 7.19. The van der Waals surface area contributed by atoms with Crippen LogP contribution in [0.3, 0.4) is 0 Å². The zero-order valence-electron chi connectivity index (χ0n) is 14.5. The van der Waals surface area contributed by atoms with E-state index in [-0.39, 0.29) is 5.91 Å². The van der Waals surface area contributed by atoms with E-state index in [1.54, 1.807) is 22.0 Å². The average Bonchev–Trinajstić information content (AvgIpc) is 3.21. The third kappa shape index (κ3) is 3.31. The predicted octanol–water partition coefficient (Wildman–Crippen LogP) is 1.55. The number of likely N-dealkylation sites (tertiary alicyclic amines) is 1. The highest BCUT2D eigenvalue weighted by atomic mass is 16.3. The minimum Gasteiger partial charge on any atom is -0.468 e. The van der Waals surface area contributed by atoms with E-state index in [0.717, 1.165) is 44.1 Å². The molecule has 0 spiro atoms. The van der Waals surface area contributed by atoms with Crippen LogP contribution in [0.5, 0.6) is 0 Å². The zero-order valence-corrected chi connectivity index (χ0v) is 14.5. The molecule has 0 aliphatic carbocycles. The second-order valence-corrected chi connectivity index (χ2v) is 6.60. The molecule has 130 valence electrons. The molecule has 1 saturated heterocycles. The SMILES string of the molecule is CN(C)C(=O)C1(Nc2ccnn2C)CCN(Cc2ccco2)CC1. The number of aryl methyl sites for hydroxylation is 1. The number of anilines is 1. The number of hydrogen-bond acceptors (Lipinski definition) is 5. The van der Waals surface area contributed by atoms with Gasteiger partial charge in [0.2, 0.25) is 5.91 Å². The van der Waals surface area contributed by atoms with Crippen molar-refractivity contribution in [3.05, 3.63) is 36.4 Å². The van der Waals surface area contributed by atoms with Gasteiger partial charge in [0, 0.05) is 40.3 Å². The molecular formula is C17H25N5O2. The van der Waals surface area contributed by atoms with Crippen LogP contribution in [0.15, 0.2) is 35.1 Å². The van der Waals surface area contributed by atoms with Gasteiger partial charge in [0.05, 0.1) is 19.0 Å². The molecule has 0 unspecified atom stereocenters. The molecule has 1 aliphatic heterocycles. The van der Waals surface area contributed by atoms with Crippen molar-refractivity contribution in [3.63, 3.8) is 0 Å². The first-order chi connectivity index (χ1) is 11.5. The Kier molecular flexibility index (Phi) is 4.62. The third-order valence-corrected chi connectivity index (χ3v) is 4.67. The maximum absolute atomic E-state index is 12.9. The molecule has 0 radical (unpaired) electrons. The second-order valence-electron chi connectivity index (χ2n) is 6.60. The summed E-state index contributed by atoms with van der Waals surface area (Å²) in [4.78, 5) is 16.9. The summed E-state index contributed by atoms with van der Waals surface area (Å²) in [5.41, 5.74) is -0.586. The van der Waals surface area contributed by atoms with Crippen LogP contribution in [0.2, 0.25) is 0 Å². The Morgan fingerprint density at radius 3 is 2.67 bits per heavy atom. The summed E-state index contributed by atoms with van der Waals surface area (Å²) >= 11 is 0. The molecular weight excluding hydrogens is 306 g/mol. The molecule has 7 nitrogen and oxygen atoms in total. The summed E-state index contributed by atoms with van der Waals surface area (Å²) in [6, 6.07) is 5.80. The molecule has 2 aromatic rings. The molecule has 0 bridgehead atoms. The highest BCUT2D eigenvalue weighted by molar-refractivity contribution is 5.89. The summed E-state index contributed by atoms with van der Waals surface area (Å²) in [5.74, 6) is 1.94. The van der Waals surface area contributed by atoms with E-state index in [1.165, 1.54) is 0 Å². The maximum Gasteiger partial charge on any atom is 0.247 e. The molecule has 1 fully saturated rings. The van der Waals surface area contributed by atoms with Crippen LogP contribution in [-0.4, -0.2) is 58.2 Å². The summed E-state index contributed by atoms with van der Waals surface area (Å²) in [5, 5.41) is 7.65. The number of carbonyl (C=O) groups is 1. The molecule has 0 saturated carbocycles. The molecule has 2 aromatic heterocycles. The van der Waals surface area contributed by atoms with Gasteiger partial charge in [-0.25, -0.2) is 0 Å². The Morgan fingerprint density at radius 1 is 1.38 bits per heavy atom. The van der Waals surface area contributed by atoms with E-state index in [4.69, 9.17) is 4.42 Å². The van der Waals surface area contributed by atoms with E-state index in [1.807, 2.05) is 39.3 Å². The van der Waals surface area contributed by atoms with Crippen LogP contribution in [0.25, 0.3) is 0 Å². The first kappa shape index (κ1) is 16.6. The van der Waals surface area contributed by atoms with Crippen LogP contribution in [0.4, 0.5) is 5.82 Å². The van der Waals surface area contributed by atoms with E-state index < -0.39 is 5.54 Å². The molecule has 1 amide bonds. The Labute approximate surface area is 142 Å². The Bertz CT molecular complexity index is 669. The van der Waals surface area contributed by atoms with Gasteiger partial charge in [-0.2, -0.15) is 5.10 Å². The van der Waals surface area contributed by atoms with E-state index in [2.05, 4.69) is 15.3 Å². The Morgan fingerprint density at radius 2 is 2.12 bits per heavy atom. The number of hydrogen-bond donors (Lipinski definition) is 1. The highest BCUT2D eigenvalue weighted by Crippen LogP contribution is 2.29. The van der Waals surface area contributed by atoms with Crippen LogP contribution in [0.1, 0.15) is 18.6 Å². The van der Waals surface area contributed by atoms with Crippen molar-refractivity contribution in [2.75, 3.05) is 32.5 Å². The van der Waals surface area contributed by atoms with Crippen molar-refractivity contribution >= 4 is 11.7 Å². The van der Waals surface area contributed by atoms with E-state index >= 15 is 0 Å². The van der Waals surface area contributed by atoms with Crippen molar-refractivity contribution in [1.29, 1.82) is 0 Å². The molecule has 1 aliphatic rings. The van der Waals surface area contributed by atoms with Crippen LogP contribution in [0, 0.1) is 0 Å². The number of amides is 1. The van der Waals surface area contributed by atoms with Crippen molar-refractivity contribution < 1.29 is 9.21 Å². The van der Waals surface area contributed by atoms with Crippen molar-refractivity contribution in [2.45, 2.75) is 24.9 Å². The number of piperidine rings is 1. The normalized spacial score (nSPS) is 17.6. The largest absolute Gasteiger partial charge is 0.468 e. The molecule has 3 rings (SSSR count). The zero-order chi connectivity index (χ0) is 17.2. The minimum absolute atomic E-state index is 0.112. The molecule has 7 heteroatoms. The first-order valence-electron chi connectivity index (χ1n) is 8.23. The molecule has 0 aromatic carbocycles. The molecule has 3 heterocycles. The smallest absolute Gasteiger partial charge is 0.247 e. The van der Waals surface area contributed by atoms with Gasteiger partial charge < -0.3 is 14.6 Å². The fourth-order valence-corrected chi connectivity index (χ4v) is 3.28. The van der Waals surface area contributed by atoms with Gasteiger partial charge in [0.15, 0.2) is 0 Å². The minimum atomic E-state index is -0.586. The monoisotopic (exact) mass is 331 g/mol. The quantitative estimate of drug-likeness (QED) is 0.900. The van der Waals surface area contributed by atoms with E-state index in [0.29, 0.717) is 0 Å². The van der Waals surface area contributed by atoms with Crippen molar-refractivity contribution in [2.24, 2.45) is 7.05 Å². The number of carbonyl (C=O) groups excluding carboxylic acids is 1. The van der Waals surface area contributed by atoms with E-state index in [9.17, 15) is 4.79 Å². The fraction of sp³-hybridized carbons (Fsp3) is 0.529. The van der Waals surface area contributed by atoms with Gasteiger partial charge in [-0.15, -0.1) is 0 Å². The van der Waals surface area contributed by atoms with Crippen molar-refractivity contribution in [3.8, 4) is 0 Å². The van der Waals surface area contributed by atoms with Gasteiger partial charge in [0.1, 0.15) is 17.1 Å². The number of nitrogens with zero attached hydrogens (tertiary/aromatic N) is 4. The average molecular weight is 331 g/mol. The number of rotatable bonds is 5. The standard InChI is InChI=1S/C17H25N5O2/c1-20(2)16(23)17(19-15-6-9-18-21(15)3)7-10-22(11-8-17)13-14-5-4-12-24-14/h4-6,9,12,19H,7-8,10-11,13H2,1-3H3. The van der Waals surface area contributed by atoms with Gasteiger partial charge in [0.25, 0.3) is 0 Å². The second kappa shape index (κ2) is 6.68. The number of aromatic nitrogens is 2. The lowest BCUT2D eigenvalue weighted by Gasteiger charge is -2.42. The molecule has 0 atom stereocenters. The summed E-state index contributed by atoms with van der Waals surface area (Å²) in [7, 11) is 5.50. The van der Waals surface area contributed by atoms with Crippen LogP contribution >= 0.6 is 0 Å². The molecule has 1 N–H and O–H groups in total. The predicted molar refractivity (Wildman–Crippen MR) is 91.5 cm³/mol. The Balaban J connectivity index is 1.73. The van der Waals surface area contributed by atoms with Gasteiger partial charge in [-0.05, 0) is 25.0 Å². The molecule has 24 heavy (non-hydrogen) atoms. The Hall–Kier alpha value is -2.28. The fourth-order valence-electron chi connectivity index (χ4n) is 3.28. The van der Waals surface area contributed by atoms with Gasteiger partial charge >= 0.3 is 0 Å². The number of likely N-dealkylation sites (N-methyl/N-ethyl adjacent to an activating group) is 1. The lowest BCUT2D eigenvalue weighted by atomic mass is 9.85. The van der Waals surface area contributed by atoms with Gasteiger partial charge in [-0.1, -0.05) is 0 Å². The maximum atomic E-state index is 12.9. The lowest BCUT2D eigenvalue weighted by Crippen LogP contribution is -2.58. The first-order valence-corrected chi connectivity index (χ1v) is 8.23. The third-order valence-electron chi connectivity index (χ3n) is 4.67. The summed E-state index contributed by atoms with van der Waals surface area (Å²) in [6.07, 6.45) is 4.93. The highest BCUT2D eigenvalue weighted by Gasteiger charge is 2.42.